The smallest absolute Gasteiger partial charge is 0.196 e. The summed E-state index contributed by atoms with van der Waals surface area (Å²) in [6.45, 7) is 0.593. The van der Waals surface area contributed by atoms with Gasteiger partial charge in [0.15, 0.2) is 5.96 Å². The van der Waals surface area contributed by atoms with Gasteiger partial charge in [-0.15, -0.1) is 11.3 Å². The van der Waals surface area contributed by atoms with Crippen LogP contribution in [0.5, 0.6) is 0 Å². The van der Waals surface area contributed by atoms with E-state index in [1.165, 1.54) is 12.1 Å². The fourth-order valence-corrected chi connectivity index (χ4v) is 3.68. The summed E-state index contributed by atoms with van der Waals surface area (Å²) in [5.41, 5.74) is 6.67. The lowest BCUT2D eigenvalue weighted by atomic mass is 10.2. The Morgan fingerprint density at radius 1 is 1.42 bits per heavy atom. The van der Waals surface area contributed by atoms with Crippen molar-refractivity contribution in [1.82, 2.24) is 0 Å². The van der Waals surface area contributed by atoms with Gasteiger partial charge in [0.25, 0.3) is 0 Å². The largest absolute Gasteiger partial charge is 0.369 e. The predicted molar refractivity (Wildman–Crippen MR) is 80.1 cm³/mol. The summed E-state index contributed by atoms with van der Waals surface area (Å²) in [6.07, 6.45) is 0. The zero-order valence-electron chi connectivity index (χ0n) is 9.88. The van der Waals surface area contributed by atoms with E-state index in [9.17, 15) is 4.39 Å². The van der Waals surface area contributed by atoms with Crippen LogP contribution < -0.4 is 10.6 Å². The van der Waals surface area contributed by atoms with E-state index in [4.69, 9.17) is 5.73 Å². The van der Waals surface area contributed by atoms with Gasteiger partial charge in [-0.2, -0.15) is 0 Å². The summed E-state index contributed by atoms with van der Waals surface area (Å²) >= 11 is 5.09. The molecule has 0 saturated carbocycles. The standard InChI is InChI=1S/C13H11BrFN3S/c14-8-4-12(19-7-8)11-6-17-13(16)18(11)10-3-1-2-9(15)5-10/h1-5,7,11H,6H2,(H2,16,17). The quantitative estimate of drug-likeness (QED) is 0.909. The molecular formula is C13H11BrFN3S. The molecule has 2 aromatic rings. The molecule has 0 radical (unpaired) electrons. The molecule has 1 atom stereocenters. The van der Waals surface area contributed by atoms with Crippen LogP contribution in [0, 0.1) is 5.82 Å². The monoisotopic (exact) mass is 339 g/mol. The summed E-state index contributed by atoms with van der Waals surface area (Å²) < 4.78 is 14.4. The first-order chi connectivity index (χ1) is 9.15. The van der Waals surface area contributed by atoms with E-state index >= 15 is 0 Å². The number of nitrogens with two attached hydrogens (primary N) is 1. The molecule has 0 bridgehead atoms. The number of hydrogen-bond donors (Lipinski definition) is 1. The first-order valence-corrected chi connectivity index (χ1v) is 7.41. The van der Waals surface area contributed by atoms with Crippen LogP contribution in [0.15, 0.2) is 45.2 Å². The van der Waals surface area contributed by atoms with Crippen LogP contribution >= 0.6 is 27.3 Å². The maximum atomic E-state index is 13.4. The van der Waals surface area contributed by atoms with E-state index in [1.54, 1.807) is 17.4 Å². The molecule has 1 aromatic carbocycles. The second kappa shape index (κ2) is 4.94. The lowest BCUT2D eigenvalue weighted by molar-refractivity contribution is 0.627. The van der Waals surface area contributed by atoms with Gasteiger partial charge in [0.1, 0.15) is 5.82 Å². The van der Waals surface area contributed by atoms with Crippen molar-refractivity contribution in [2.75, 3.05) is 11.4 Å². The van der Waals surface area contributed by atoms with Gasteiger partial charge in [-0.3, -0.25) is 4.99 Å². The van der Waals surface area contributed by atoms with Gasteiger partial charge in [-0.05, 0) is 40.2 Å². The Morgan fingerprint density at radius 2 is 2.26 bits per heavy atom. The molecule has 2 N–H and O–H groups in total. The van der Waals surface area contributed by atoms with Crippen molar-refractivity contribution < 1.29 is 4.39 Å². The number of nitrogens with zero attached hydrogens (tertiary/aromatic N) is 2. The number of thiophene rings is 1. The van der Waals surface area contributed by atoms with E-state index in [0.29, 0.717) is 12.5 Å². The van der Waals surface area contributed by atoms with Crippen LogP contribution in [-0.2, 0) is 0 Å². The van der Waals surface area contributed by atoms with E-state index in [2.05, 4.69) is 27.0 Å². The number of benzene rings is 1. The lowest BCUT2D eigenvalue weighted by Gasteiger charge is -2.25. The molecule has 0 amide bonds. The van der Waals surface area contributed by atoms with E-state index in [1.807, 2.05) is 16.3 Å². The third-order valence-electron chi connectivity index (χ3n) is 2.99. The van der Waals surface area contributed by atoms with Gasteiger partial charge >= 0.3 is 0 Å². The van der Waals surface area contributed by atoms with Gasteiger partial charge in [0.05, 0.1) is 12.6 Å². The van der Waals surface area contributed by atoms with Crippen molar-refractivity contribution in [3.8, 4) is 0 Å². The van der Waals surface area contributed by atoms with Crippen molar-refractivity contribution in [3.05, 3.63) is 50.9 Å². The van der Waals surface area contributed by atoms with Crippen molar-refractivity contribution >= 4 is 38.9 Å². The number of halogens is 2. The van der Waals surface area contributed by atoms with E-state index < -0.39 is 0 Å². The fraction of sp³-hybridized carbons (Fsp3) is 0.154. The number of aliphatic imine (C=N–C) groups is 1. The first kappa shape index (κ1) is 12.6. The van der Waals surface area contributed by atoms with Gasteiger partial charge in [-0.25, -0.2) is 4.39 Å². The van der Waals surface area contributed by atoms with Gasteiger partial charge in [0, 0.05) is 20.4 Å². The normalized spacial score (nSPS) is 18.7. The third-order valence-corrected chi connectivity index (χ3v) is 4.78. The molecule has 0 aliphatic carbocycles. The molecule has 1 unspecified atom stereocenters. The molecule has 3 rings (SSSR count). The molecule has 2 heterocycles. The van der Waals surface area contributed by atoms with Crippen LogP contribution in [0.4, 0.5) is 10.1 Å². The molecule has 3 nitrogen and oxygen atoms in total. The number of guanidine groups is 1. The second-order valence-electron chi connectivity index (χ2n) is 4.23. The molecule has 6 heteroatoms. The van der Waals surface area contributed by atoms with Crippen LogP contribution in [0.25, 0.3) is 0 Å². The van der Waals surface area contributed by atoms with Gasteiger partial charge in [-0.1, -0.05) is 6.07 Å². The van der Waals surface area contributed by atoms with Crippen LogP contribution in [-0.4, -0.2) is 12.5 Å². The number of hydrogen-bond acceptors (Lipinski definition) is 4. The maximum Gasteiger partial charge on any atom is 0.196 e. The van der Waals surface area contributed by atoms with Crippen molar-refractivity contribution in [2.24, 2.45) is 10.7 Å². The summed E-state index contributed by atoms with van der Waals surface area (Å²) in [4.78, 5) is 7.31. The molecule has 0 fully saturated rings. The molecule has 1 aliphatic heterocycles. The Morgan fingerprint density at radius 3 is 2.95 bits per heavy atom. The summed E-state index contributed by atoms with van der Waals surface area (Å²) in [6, 6.07) is 8.51. The minimum absolute atomic E-state index is 0.0399. The van der Waals surface area contributed by atoms with Crippen molar-refractivity contribution in [3.63, 3.8) is 0 Å². The molecule has 0 spiro atoms. The molecular weight excluding hydrogens is 329 g/mol. The van der Waals surface area contributed by atoms with Crippen LogP contribution in [0.1, 0.15) is 10.9 Å². The zero-order valence-corrected chi connectivity index (χ0v) is 12.3. The highest BCUT2D eigenvalue weighted by Gasteiger charge is 2.30. The highest BCUT2D eigenvalue weighted by atomic mass is 79.9. The third kappa shape index (κ3) is 2.37. The molecule has 98 valence electrons. The minimum atomic E-state index is -0.275. The van der Waals surface area contributed by atoms with Gasteiger partial charge < -0.3 is 10.6 Å². The SMILES string of the molecule is NC1=NCC(c2cc(Br)cs2)N1c1cccc(F)c1. The predicted octanol–water partition coefficient (Wildman–Crippen LogP) is 3.53. The van der Waals surface area contributed by atoms with E-state index in [0.717, 1.165) is 15.0 Å². The Kier molecular flexibility index (Phi) is 3.28. The van der Waals surface area contributed by atoms with Crippen molar-refractivity contribution in [2.45, 2.75) is 6.04 Å². The first-order valence-electron chi connectivity index (χ1n) is 5.74. The number of anilines is 1. The second-order valence-corrected chi connectivity index (χ2v) is 6.09. The molecule has 19 heavy (non-hydrogen) atoms. The Balaban J connectivity index is 1.99. The van der Waals surface area contributed by atoms with Crippen LogP contribution in [0.2, 0.25) is 0 Å². The Hall–Kier alpha value is -1.40. The molecule has 0 saturated heterocycles. The average molecular weight is 340 g/mol. The lowest BCUT2D eigenvalue weighted by Crippen LogP contribution is -2.35. The van der Waals surface area contributed by atoms with E-state index in [-0.39, 0.29) is 11.9 Å². The van der Waals surface area contributed by atoms with Gasteiger partial charge in [0.2, 0.25) is 0 Å². The van der Waals surface area contributed by atoms with Crippen LogP contribution in [0.3, 0.4) is 0 Å². The number of rotatable bonds is 2. The minimum Gasteiger partial charge on any atom is -0.369 e. The summed E-state index contributed by atoms with van der Waals surface area (Å²) in [5, 5.41) is 2.02. The Bertz CT molecular complexity index is 640. The summed E-state index contributed by atoms with van der Waals surface area (Å²) in [7, 11) is 0. The highest BCUT2D eigenvalue weighted by molar-refractivity contribution is 9.10. The average Bonchev–Trinajstić information content (AvgIpc) is 2.95. The Labute approximate surface area is 122 Å². The molecule has 1 aliphatic rings. The van der Waals surface area contributed by atoms with Crippen molar-refractivity contribution in [1.29, 1.82) is 0 Å². The summed E-state index contributed by atoms with van der Waals surface area (Å²) in [5.74, 6) is 0.156. The highest BCUT2D eigenvalue weighted by Crippen LogP contribution is 2.35. The maximum absolute atomic E-state index is 13.4. The molecule has 1 aromatic heterocycles. The topological polar surface area (TPSA) is 41.6 Å². The fourth-order valence-electron chi connectivity index (χ4n) is 2.16. The zero-order chi connectivity index (χ0) is 13.4.